The van der Waals surface area contributed by atoms with Gasteiger partial charge in [0.1, 0.15) is 23.5 Å². The van der Waals surface area contributed by atoms with E-state index in [0.717, 1.165) is 48.9 Å². The number of methoxy groups -OCH3 is 1. The van der Waals surface area contributed by atoms with E-state index in [9.17, 15) is 0 Å². The number of aryl methyl sites for hydroxylation is 1. The van der Waals surface area contributed by atoms with Crippen LogP contribution >= 0.6 is 0 Å². The SMILES string of the molecule is COc1c(Nc2cc(Nc3ccc(N4CCOCC4)cn3)nc3[nH]cnc23)cccc1-c1ncn(C)n1. The summed E-state index contributed by atoms with van der Waals surface area (Å²) in [6.07, 6.45) is 5.14. The van der Waals surface area contributed by atoms with Gasteiger partial charge in [0, 0.05) is 26.2 Å². The Bertz CT molecular complexity index is 1520. The predicted molar refractivity (Wildman–Crippen MR) is 141 cm³/mol. The summed E-state index contributed by atoms with van der Waals surface area (Å²) in [6.45, 7) is 3.19. The molecule has 12 nitrogen and oxygen atoms in total. The second-order valence-corrected chi connectivity index (χ2v) is 8.53. The lowest BCUT2D eigenvalue weighted by atomic mass is 10.1. The van der Waals surface area contributed by atoms with Crippen LogP contribution in [-0.4, -0.2) is 68.1 Å². The van der Waals surface area contributed by atoms with Crippen LogP contribution in [0.25, 0.3) is 22.6 Å². The summed E-state index contributed by atoms with van der Waals surface area (Å²) in [6, 6.07) is 11.7. The van der Waals surface area contributed by atoms with E-state index in [2.05, 4.69) is 51.6 Å². The maximum atomic E-state index is 5.76. The molecule has 6 rings (SSSR count). The van der Waals surface area contributed by atoms with Crippen LogP contribution < -0.4 is 20.3 Å². The minimum atomic E-state index is 0.580. The molecular formula is C25H26N10O2. The van der Waals surface area contributed by atoms with Crippen molar-refractivity contribution in [1.82, 2.24) is 34.7 Å². The number of rotatable bonds is 7. The number of aromatic nitrogens is 7. The van der Waals surface area contributed by atoms with Gasteiger partial charge in [-0.3, -0.25) is 4.68 Å². The van der Waals surface area contributed by atoms with E-state index in [1.807, 2.05) is 43.6 Å². The minimum absolute atomic E-state index is 0.580. The fourth-order valence-electron chi connectivity index (χ4n) is 4.33. The normalized spacial score (nSPS) is 13.6. The number of nitrogens with zero attached hydrogens (tertiary/aromatic N) is 7. The van der Waals surface area contributed by atoms with Gasteiger partial charge in [0.25, 0.3) is 0 Å². The van der Waals surface area contributed by atoms with Crippen molar-refractivity contribution < 1.29 is 9.47 Å². The van der Waals surface area contributed by atoms with Crippen LogP contribution in [-0.2, 0) is 11.8 Å². The summed E-state index contributed by atoms with van der Waals surface area (Å²) in [4.78, 5) is 23.4. The Balaban J connectivity index is 1.29. The van der Waals surface area contributed by atoms with Crippen LogP contribution in [0.15, 0.2) is 55.2 Å². The minimum Gasteiger partial charge on any atom is -0.494 e. The fraction of sp³-hybridized carbons (Fsp3) is 0.240. The molecule has 3 N–H and O–H groups in total. The molecule has 1 aliphatic rings. The highest BCUT2D eigenvalue weighted by molar-refractivity contribution is 5.91. The lowest BCUT2D eigenvalue weighted by Gasteiger charge is -2.28. The number of benzene rings is 1. The number of hydrogen-bond donors (Lipinski definition) is 3. The van der Waals surface area contributed by atoms with Gasteiger partial charge in [-0.05, 0) is 24.3 Å². The second-order valence-electron chi connectivity index (χ2n) is 8.53. The molecule has 12 heteroatoms. The van der Waals surface area contributed by atoms with Gasteiger partial charge in [0.15, 0.2) is 17.2 Å². The van der Waals surface area contributed by atoms with Crippen molar-refractivity contribution in [3.05, 3.63) is 55.2 Å². The summed E-state index contributed by atoms with van der Waals surface area (Å²) in [7, 11) is 3.46. The van der Waals surface area contributed by atoms with Crippen molar-refractivity contribution in [2.75, 3.05) is 48.9 Å². The van der Waals surface area contributed by atoms with Gasteiger partial charge in [-0.1, -0.05) is 6.07 Å². The number of anilines is 5. The van der Waals surface area contributed by atoms with Crippen LogP contribution in [0, 0.1) is 0 Å². The summed E-state index contributed by atoms with van der Waals surface area (Å²) in [5.41, 5.74) is 4.69. The Labute approximate surface area is 212 Å². The van der Waals surface area contributed by atoms with E-state index in [0.29, 0.717) is 34.4 Å². The third-order valence-electron chi connectivity index (χ3n) is 6.10. The molecule has 188 valence electrons. The number of pyridine rings is 2. The fourth-order valence-corrected chi connectivity index (χ4v) is 4.33. The van der Waals surface area contributed by atoms with E-state index in [1.165, 1.54) is 0 Å². The zero-order valence-electron chi connectivity index (χ0n) is 20.5. The topological polar surface area (TPSA) is 131 Å². The van der Waals surface area contributed by atoms with E-state index >= 15 is 0 Å². The zero-order valence-corrected chi connectivity index (χ0v) is 20.5. The van der Waals surface area contributed by atoms with Crippen molar-refractivity contribution in [3.63, 3.8) is 0 Å². The first-order valence-corrected chi connectivity index (χ1v) is 11.9. The van der Waals surface area contributed by atoms with Gasteiger partial charge in [-0.2, -0.15) is 5.10 Å². The molecule has 1 aromatic carbocycles. The highest BCUT2D eigenvalue weighted by Crippen LogP contribution is 2.38. The highest BCUT2D eigenvalue weighted by atomic mass is 16.5. The van der Waals surface area contributed by atoms with E-state index in [4.69, 9.17) is 9.47 Å². The molecule has 5 aromatic rings. The first-order chi connectivity index (χ1) is 18.2. The zero-order chi connectivity index (χ0) is 25.2. The van der Waals surface area contributed by atoms with Crippen molar-refractivity contribution >= 4 is 39.9 Å². The molecule has 37 heavy (non-hydrogen) atoms. The smallest absolute Gasteiger partial charge is 0.184 e. The Kier molecular flexibility index (Phi) is 5.98. The molecule has 0 unspecified atom stereocenters. The molecule has 0 radical (unpaired) electrons. The molecule has 0 spiro atoms. The summed E-state index contributed by atoms with van der Waals surface area (Å²) >= 11 is 0. The number of hydrogen-bond acceptors (Lipinski definition) is 10. The lowest BCUT2D eigenvalue weighted by Crippen LogP contribution is -2.36. The van der Waals surface area contributed by atoms with Gasteiger partial charge in [-0.25, -0.2) is 19.9 Å². The average Bonchev–Trinajstić information content (AvgIpc) is 3.59. The predicted octanol–water partition coefficient (Wildman–Crippen LogP) is 3.48. The summed E-state index contributed by atoms with van der Waals surface area (Å²) < 4.78 is 12.9. The molecule has 0 amide bonds. The largest absolute Gasteiger partial charge is 0.494 e. The van der Waals surface area contributed by atoms with Gasteiger partial charge in [0.05, 0.1) is 55.5 Å². The third-order valence-corrected chi connectivity index (χ3v) is 6.10. The molecule has 1 saturated heterocycles. The number of H-pyrrole nitrogens is 1. The number of morpholine rings is 1. The number of aromatic amines is 1. The van der Waals surface area contributed by atoms with Crippen LogP contribution in [0.1, 0.15) is 0 Å². The highest BCUT2D eigenvalue weighted by Gasteiger charge is 2.17. The third kappa shape index (κ3) is 4.61. The van der Waals surface area contributed by atoms with Crippen LogP contribution in [0.3, 0.4) is 0 Å². The number of fused-ring (bicyclic) bond motifs is 1. The second kappa shape index (κ2) is 9.74. The van der Waals surface area contributed by atoms with Crippen molar-refractivity contribution in [2.45, 2.75) is 0 Å². The molecule has 0 aliphatic carbocycles. The number of nitrogens with one attached hydrogen (secondary N) is 3. The molecule has 0 saturated carbocycles. The van der Waals surface area contributed by atoms with Crippen molar-refractivity contribution in [3.8, 4) is 17.1 Å². The first-order valence-electron chi connectivity index (χ1n) is 11.9. The Morgan fingerprint density at radius 3 is 2.65 bits per heavy atom. The molecule has 1 aliphatic heterocycles. The maximum absolute atomic E-state index is 5.76. The van der Waals surface area contributed by atoms with Crippen LogP contribution in [0.5, 0.6) is 5.75 Å². The van der Waals surface area contributed by atoms with Gasteiger partial charge >= 0.3 is 0 Å². The van der Waals surface area contributed by atoms with Gasteiger partial charge in [-0.15, -0.1) is 0 Å². The molecule has 4 aromatic heterocycles. The first kappa shape index (κ1) is 22.7. The van der Waals surface area contributed by atoms with Gasteiger partial charge in [0.2, 0.25) is 0 Å². The molecule has 0 atom stereocenters. The number of para-hydroxylation sites is 1. The van der Waals surface area contributed by atoms with Crippen LogP contribution in [0.4, 0.5) is 28.7 Å². The average molecular weight is 499 g/mol. The quantitative estimate of drug-likeness (QED) is 0.306. The number of ether oxygens (including phenoxy) is 2. The molecule has 0 bridgehead atoms. The molecule has 1 fully saturated rings. The Morgan fingerprint density at radius 1 is 1.00 bits per heavy atom. The van der Waals surface area contributed by atoms with E-state index in [1.54, 1.807) is 24.4 Å². The summed E-state index contributed by atoms with van der Waals surface area (Å²) in [5, 5.41) is 11.2. The van der Waals surface area contributed by atoms with E-state index < -0.39 is 0 Å². The number of imidazole rings is 1. The molecular weight excluding hydrogens is 472 g/mol. The summed E-state index contributed by atoms with van der Waals surface area (Å²) in [5.74, 6) is 2.52. The monoisotopic (exact) mass is 498 g/mol. The van der Waals surface area contributed by atoms with Crippen molar-refractivity contribution in [2.24, 2.45) is 7.05 Å². The Hall–Kier alpha value is -4.71. The van der Waals surface area contributed by atoms with Crippen LogP contribution in [0.2, 0.25) is 0 Å². The molecule has 5 heterocycles. The van der Waals surface area contributed by atoms with Crippen molar-refractivity contribution in [1.29, 1.82) is 0 Å². The maximum Gasteiger partial charge on any atom is 0.184 e. The lowest BCUT2D eigenvalue weighted by molar-refractivity contribution is 0.122. The van der Waals surface area contributed by atoms with E-state index in [-0.39, 0.29) is 0 Å². The van der Waals surface area contributed by atoms with Gasteiger partial charge < -0.3 is 30.0 Å². The Morgan fingerprint density at radius 2 is 1.89 bits per heavy atom. The standard InChI is InChI=1S/C25H26N10O2/c1-34-15-29-24(33-34)17-4-3-5-18(23(17)36-2)30-19-12-21(32-25-22(19)27-14-28-25)31-20-7-6-16(13-26-20)35-8-10-37-11-9-35/h3-7,12-15H,8-11H2,1-2H3,(H3,26,27,28,30,31,32).